The average molecular weight is 262 g/mol. The van der Waals surface area contributed by atoms with Crippen molar-refractivity contribution >= 4 is 29.1 Å². The second-order valence-electron chi connectivity index (χ2n) is 4.36. The number of thioether (sulfide) groups is 1. The molecule has 2 N–H and O–H groups in total. The number of methoxy groups -OCH3 is 1. The summed E-state index contributed by atoms with van der Waals surface area (Å²) in [6.07, 6.45) is 3.61. The third-order valence-electron chi connectivity index (χ3n) is 2.73. The summed E-state index contributed by atoms with van der Waals surface area (Å²) in [6.45, 7) is 4.94. The highest BCUT2D eigenvalue weighted by Crippen LogP contribution is 2.36. The van der Waals surface area contributed by atoms with E-state index in [-0.39, 0.29) is 0 Å². The van der Waals surface area contributed by atoms with Gasteiger partial charge in [0.25, 0.3) is 0 Å². The van der Waals surface area contributed by atoms with E-state index in [2.05, 4.69) is 17.6 Å². The first kappa shape index (κ1) is 14.1. The molecule has 3 nitrogen and oxygen atoms in total. The predicted molar refractivity (Wildman–Crippen MR) is 75.2 cm³/mol. The second-order valence-corrected chi connectivity index (χ2v) is 6.45. The molecule has 1 saturated heterocycles. The molecule has 1 unspecified atom stereocenters. The largest absolute Gasteiger partial charge is 0.385 e. The summed E-state index contributed by atoms with van der Waals surface area (Å²) in [5, 5.41) is 7.26. The minimum atomic E-state index is 0.373. The zero-order valence-electron chi connectivity index (χ0n) is 10.2. The summed E-state index contributed by atoms with van der Waals surface area (Å²) in [5.74, 6) is 1.28. The highest BCUT2D eigenvalue weighted by molar-refractivity contribution is 8.00. The molecule has 0 saturated carbocycles. The molecule has 1 rings (SSSR count). The van der Waals surface area contributed by atoms with Crippen molar-refractivity contribution in [1.29, 1.82) is 0 Å². The average Bonchev–Trinajstić information content (AvgIpc) is 2.70. The fourth-order valence-corrected chi connectivity index (χ4v) is 3.14. The molecule has 16 heavy (non-hydrogen) atoms. The summed E-state index contributed by atoms with van der Waals surface area (Å²) in [5.41, 5.74) is 0. The monoisotopic (exact) mass is 262 g/mol. The van der Waals surface area contributed by atoms with Gasteiger partial charge in [-0.25, -0.2) is 0 Å². The van der Waals surface area contributed by atoms with Gasteiger partial charge in [0.2, 0.25) is 0 Å². The molecule has 0 bridgehead atoms. The molecule has 0 aromatic carbocycles. The van der Waals surface area contributed by atoms with Gasteiger partial charge in [-0.05, 0) is 44.2 Å². The quantitative estimate of drug-likeness (QED) is 0.563. The molecule has 1 aliphatic heterocycles. The van der Waals surface area contributed by atoms with Crippen LogP contribution in [0.1, 0.15) is 26.2 Å². The first-order valence-electron chi connectivity index (χ1n) is 5.81. The van der Waals surface area contributed by atoms with E-state index >= 15 is 0 Å². The Morgan fingerprint density at radius 3 is 2.94 bits per heavy atom. The van der Waals surface area contributed by atoms with Crippen LogP contribution in [0.4, 0.5) is 0 Å². The van der Waals surface area contributed by atoms with E-state index in [1.54, 1.807) is 7.11 Å². The van der Waals surface area contributed by atoms with Crippen LogP contribution >= 0.6 is 24.0 Å². The van der Waals surface area contributed by atoms with Crippen molar-refractivity contribution in [1.82, 2.24) is 10.6 Å². The van der Waals surface area contributed by atoms with Crippen LogP contribution in [0.25, 0.3) is 0 Å². The number of nitrogens with one attached hydrogen (secondary N) is 2. The summed E-state index contributed by atoms with van der Waals surface area (Å²) >= 11 is 7.26. The van der Waals surface area contributed by atoms with Crippen LogP contribution in [0.3, 0.4) is 0 Å². The van der Waals surface area contributed by atoms with Crippen molar-refractivity contribution in [3.63, 3.8) is 0 Å². The van der Waals surface area contributed by atoms with E-state index in [1.807, 2.05) is 11.8 Å². The maximum atomic E-state index is 5.22. The van der Waals surface area contributed by atoms with Gasteiger partial charge in [-0.1, -0.05) is 0 Å². The van der Waals surface area contributed by atoms with Gasteiger partial charge in [0.1, 0.15) is 0 Å². The summed E-state index contributed by atoms with van der Waals surface area (Å²) in [4.78, 5) is 0. The van der Waals surface area contributed by atoms with Crippen LogP contribution in [-0.2, 0) is 4.74 Å². The number of hydrogen-bond donors (Lipinski definition) is 2. The van der Waals surface area contributed by atoms with Crippen LogP contribution in [0.2, 0.25) is 0 Å². The molecule has 94 valence electrons. The topological polar surface area (TPSA) is 33.3 Å². The Hall–Kier alpha value is 0. The Balaban J connectivity index is 2.05. The molecule has 1 aliphatic rings. The smallest absolute Gasteiger partial charge is 0.166 e. The lowest BCUT2D eigenvalue weighted by Gasteiger charge is -2.23. The fraction of sp³-hybridized carbons (Fsp3) is 0.909. The third-order valence-corrected chi connectivity index (χ3v) is 4.56. The van der Waals surface area contributed by atoms with Crippen molar-refractivity contribution in [2.24, 2.45) is 0 Å². The number of thiocarbonyl (C=S) groups is 1. The van der Waals surface area contributed by atoms with Gasteiger partial charge < -0.3 is 15.4 Å². The van der Waals surface area contributed by atoms with Crippen LogP contribution in [0, 0.1) is 0 Å². The molecular formula is C11H22N2OS2. The Kier molecular flexibility index (Phi) is 6.46. The van der Waals surface area contributed by atoms with Crippen molar-refractivity contribution in [2.75, 3.05) is 32.6 Å². The molecule has 1 heterocycles. The molecule has 0 radical (unpaired) electrons. The first-order chi connectivity index (χ1) is 7.66. The van der Waals surface area contributed by atoms with Gasteiger partial charge in [0, 0.05) is 31.6 Å². The van der Waals surface area contributed by atoms with E-state index in [0.717, 1.165) is 31.2 Å². The highest BCUT2D eigenvalue weighted by atomic mass is 32.2. The van der Waals surface area contributed by atoms with E-state index in [0.29, 0.717) is 4.75 Å². The number of rotatable bonds is 6. The van der Waals surface area contributed by atoms with E-state index < -0.39 is 0 Å². The molecule has 0 spiro atoms. The van der Waals surface area contributed by atoms with Gasteiger partial charge >= 0.3 is 0 Å². The highest BCUT2D eigenvalue weighted by Gasteiger charge is 2.29. The SMILES string of the molecule is COCCCNC(=S)NCC1(C)CCCS1. The number of hydrogen-bond acceptors (Lipinski definition) is 3. The van der Waals surface area contributed by atoms with Crippen LogP contribution in [0.15, 0.2) is 0 Å². The van der Waals surface area contributed by atoms with Crippen LogP contribution < -0.4 is 10.6 Å². The lowest BCUT2D eigenvalue weighted by atomic mass is 10.1. The summed E-state index contributed by atoms with van der Waals surface area (Å²) in [7, 11) is 1.72. The van der Waals surface area contributed by atoms with Gasteiger partial charge in [-0.15, -0.1) is 0 Å². The summed E-state index contributed by atoms with van der Waals surface area (Å²) < 4.78 is 5.35. The van der Waals surface area contributed by atoms with Crippen LogP contribution in [0.5, 0.6) is 0 Å². The maximum absolute atomic E-state index is 5.22. The lowest BCUT2D eigenvalue weighted by Crippen LogP contribution is -2.42. The second kappa shape index (κ2) is 7.35. The molecule has 0 amide bonds. The van der Waals surface area contributed by atoms with E-state index in [9.17, 15) is 0 Å². The molecular weight excluding hydrogens is 240 g/mol. The lowest BCUT2D eigenvalue weighted by molar-refractivity contribution is 0.195. The standard InChI is InChI=1S/C11H22N2OS2/c1-11(5-3-8-16-11)9-13-10(15)12-6-4-7-14-2/h3-9H2,1-2H3,(H2,12,13,15). The Morgan fingerprint density at radius 2 is 2.31 bits per heavy atom. The Bertz CT molecular complexity index is 218. The van der Waals surface area contributed by atoms with E-state index in [1.165, 1.54) is 18.6 Å². The van der Waals surface area contributed by atoms with Crippen molar-refractivity contribution in [3.8, 4) is 0 Å². The van der Waals surface area contributed by atoms with Crippen molar-refractivity contribution in [3.05, 3.63) is 0 Å². The molecule has 1 atom stereocenters. The molecule has 5 heteroatoms. The Labute approximate surface area is 108 Å². The van der Waals surface area contributed by atoms with Gasteiger partial charge in [0.15, 0.2) is 5.11 Å². The van der Waals surface area contributed by atoms with Gasteiger partial charge in [-0.3, -0.25) is 0 Å². The predicted octanol–water partition coefficient (Wildman–Crippen LogP) is 1.77. The number of ether oxygens (including phenoxy) is 1. The molecule has 0 aliphatic carbocycles. The summed E-state index contributed by atoms with van der Waals surface area (Å²) in [6, 6.07) is 0. The zero-order valence-corrected chi connectivity index (χ0v) is 11.8. The molecule has 0 aromatic heterocycles. The minimum absolute atomic E-state index is 0.373. The van der Waals surface area contributed by atoms with Gasteiger partial charge in [0.05, 0.1) is 0 Å². The fourth-order valence-electron chi connectivity index (χ4n) is 1.72. The molecule has 1 fully saturated rings. The molecule has 0 aromatic rings. The first-order valence-corrected chi connectivity index (χ1v) is 7.20. The minimum Gasteiger partial charge on any atom is -0.385 e. The Morgan fingerprint density at radius 1 is 1.50 bits per heavy atom. The normalized spacial score (nSPS) is 24.4. The van der Waals surface area contributed by atoms with Gasteiger partial charge in [-0.2, -0.15) is 11.8 Å². The third kappa shape index (κ3) is 5.37. The maximum Gasteiger partial charge on any atom is 0.166 e. The van der Waals surface area contributed by atoms with Crippen molar-refractivity contribution in [2.45, 2.75) is 30.9 Å². The van der Waals surface area contributed by atoms with Crippen LogP contribution in [-0.4, -0.2) is 42.4 Å². The van der Waals surface area contributed by atoms with E-state index in [4.69, 9.17) is 17.0 Å². The van der Waals surface area contributed by atoms with Crippen molar-refractivity contribution < 1.29 is 4.74 Å². The zero-order chi connectivity index (χ0) is 11.9.